The molecule has 0 bridgehead atoms. The minimum atomic E-state index is -0.0403. The second-order valence-corrected chi connectivity index (χ2v) is 7.27. The van der Waals surface area contributed by atoms with E-state index in [1.165, 1.54) is 0 Å². The number of nitrogens with zero attached hydrogens (tertiary/aromatic N) is 3. The number of likely N-dealkylation sites (N-methyl/N-ethyl adjacent to an activating group) is 1. The molecule has 1 unspecified atom stereocenters. The lowest BCUT2D eigenvalue weighted by Gasteiger charge is -2.24. The van der Waals surface area contributed by atoms with Gasteiger partial charge < -0.3 is 25.2 Å². The van der Waals surface area contributed by atoms with Crippen LogP contribution in [0.2, 0.25) is 0 Å². The molecule has 150 valence electrons. The van der Waals surface area contributed by atoms with Crippen molar-refractivity contribution in [1.29, 1.82) is 0 Å². The number of ether oxygens (including phenoxy) is 1. The maximum absolute atomic E-state index is 12.3. The molecular weight excluding hydrogens is 342 g/mol. The van der Waals surface area contributed by atoms with E-state index in [1.54, 1.807) is 7.05 Å². The molecule has 1 fully saturated rings. The number of amides is 1. The summed E-state index contributed by atoms with van der Waals surface area (Å²) in [6.45, 7) is 4.68. The zero-order valence-corrected chi connectivity index (χ0v) is 17.0. The molecule has 1 amide bonds. The zero-order valence-electron chi connectivity index (χ0n) is 17.0. The number of nitrogens with one attached hydrogen (secondary N) is 2. The molecule has 1 aromatic carbocycles. The highest BCUT2D eigenvalue weighted by Crippen LogP contribution is 2.13. The first-order chi connectivity index (χ1) is 13.0. The molecule has 0 aliphatic carbocycles. The van der Waals surface area contributed by atoms with E-state index >= 15 is 0 Å². The summed E-state index contributed by atoms with van der Waals surface area (Å²) < 4.78 is 5.45. The maximum Gasteiger partial charge on any atom is 0.251 e. The predicted molar refractivity (Wildman–Crippen MR) is 109 cm³/mol. The Morgan fingerprint density at radius 3 is 2.78 bits per heavy atom. The van der Waals surface area contributed by atoms with Crippen LogP contribution in [0.3, 0.4) is 0 Å². The molecule has 0 aromatic heterocycles. The van der Waals surface area contributed by atoms with Crippen molar-refractivity contribution < 1.29 is 9.53 Å². The van der Waals surface area contributed by atoms with Crippen LogP contribution in [0.25, 0.3) is 0 Å². The van der Waals surface area contributed by atoms with Gasteiger partial charge in [-0.25, -0.2) is 0 Å². The Morgan fingerprint density at radius 1 is 1.30 bits per heavy atom. The van der Waals surface area contributed by atoms with E-state index in [2.05, 4.69) is 20.5 Å². The van der Waals surface area contributed by atoms with Crippen molar-refractivity contribution in [2.75, 3.05) is 61.0 Å². The first-order valence-corrected chi connectivity index (χ1v) is 9.51. The fourth-order valence-corrected chi connectivity index (χ4v) is 3.08. The van der Waals surface area contributed by atoms with Gasteiger partial charge in [-0.1, -0.05) is 12.1 Å². The van der Waals surface area contributed by atoms with E-state index in [9.17, 15) is 4.79 Å². The Balaban J connectivity index is 1.86. The van der Waals surface area contributed by atoms with Crippen molar-refractivity contribution >= 4 is 11.9 Å². The van der Waals surface area contributed by atoms with Crippen molar-refractivity contribution in [3.8, 4) is 0 Å². The van der Waals surface area contributed by atoms with Gasteiger partial charge in [0.15, 0.2) is 5.96 Å². The lowest BCUT2D eigenvalue weighted by molar-refractivity contribution is 0.0951. The van der Waals surface area contributed by atoms with Crippen LogP contribution in [0, 0.1) is 5.92 Å². The third-order valence-corrected chi connectivity index (χ3v) is 4.61. The number of hydrogen-bond donors (Lipinski definition) is 2. The summed E-state index contributed by atoms with van der Waals surface area (Å²) in [6, 6.07) is 7.70. The molecule has 1 heterocycles. The Labute approximate surface area is 162 Å². The van der Waals surface area contributed by atoms with Gasteiger partial charge >= 0.3 is 0 Å². The summed E-state index contributed by atoms with van der Waals surface area (Å²) in [7, 11) is 7.81. The number of rotatable bonds is 8. The topological polar surface area (TPSA) is 69.2 Å². The number of carbonyl (C=O) groups excluding carboxylic acids is 1. The van der Waals surface area contributed by atoms with Crippen molar-refractivity contribution in [2.24, 2.45) is 10.9 Å². The van der Waals surface area contributed by atoms with Gasteiger partial charge in [0.1, 0.15) is 0 Å². The van der Waals surface area contributed by atoms with Crippen molar-refractivity contribution in [1.82, 2.24) is 20.4 Å². The zero-order chi connectivity index (χ0) is 19.6. The number of hydrogen-bond acceptors (Lipinski definition) is 4. The second-order valence-electron chi connectivity index (χ2n) is 7.27. The Hall–Kier alpha value is -2.12. The van der Waals surface area contributed by atoms with E-state index in [0.717, 1.165) is 44.2 Å². The fourth-order valence-electron chi connectivity index (χ4n) is 3.08. The average molecular weight is 376 g/mol. The molecule has 27 heavy (non-hydrogen) atoms. The highest BCUT2D eigenvalue weighted by Gasteiger charge is 2.19. The molecule has 0 radical (unpaired) electrons. The van der Waals surface area contributed by atoms with Gasteiger partial charge in [0.2, 0.25) is 0 Å². The Morgan fingerprint density at radius 2 is 2.11 bits per heavy atom. The molecule has 1 aromatic rings. The van der Waals surface area contributed by atoms with E-state index in [1.807, 2.05) is 50.3 Å². The lowest BCUT2D eigenvalue weighted by Crippen LogP contribution is -2.41. The maximum atomic E-state index is 12.3. The summed E-state index contributed by atoms with van der Waals surface area (Å²) in [5.74, 6) is 1.37. The van der Waals surface area contributed by atoms with Crippen molar-refractivity contribution in [3.05, 3.63) is 35.4 Å². The molecule has 0 spiro atoms. The van der Waals surface area contributed by atoms with Gasteiger partial charge in [-0.05, 0) is 38.2 Å². The van der Waals surface area contributed by atoms with Crippen LogP contribution < -0.4 is 10.6 Å². The molecule has 1 saturated heterocycles. The third-order valence-electron chi connectivity index (χ3n) is 4.61. The minimum Gasteiger partial charge on any atom is -0.381 e. The van der Waals surface area contributed by atoms with Crippen LogP contribution in [-0.4, -0.2) is 82.7 Å². The summed E-state index contributed by atoms with van der Waals surface area (Å²) >= 11 is 0. The standard InChI is InChI=1S/C20H33N5O2/c1-21-20(25(4)14-17-8-11-27-15-17)23-13-16-6-5-7-18(12-16)19(26)22-9-10-24(2)3/h5-7,12,17H,8-11,13-15H2,1-4H3,(H,21,23)(H,22,26). The van der Waals surface area contributed by atoms with Crippen LogP contribution in [0.15, 0.2) is 29.3 Å². The number of aliphatic imine (C=N–C) groups is 1. The molecule has 0 saturated carbocycles. The molecule has 1 aliphatic rings. The Kier molecular flexibility index (Phi) is 8.54. The second kappa shape index (κ2) is 10.9. The minimum absolute atomic E-state index is 0.0403. The van der Waals surface area contributed by atoms with E-state index in [-0.39, 0.29) is 5.91 Å². The first kappa shape index (κ1) is 21.2. The summed E-state index contributed by atoms with van der Waals surface area (Å²) in [6.07, 6.45) is 1.10. The summed E-state index contributed by atoms with van der Waals surface area (Å²) in [5.41, 5.74) is 1.73. The monoisotopic (exact) mass is 375 g/mol. The SMILES string of the molecule is CN=C(NCc1cccc(C(=O)NCCN(C)C)c1)N(C)CC1CCOC1. The van der Waals surface area contributed by atoms with Gasteiger partial charge in [0.05, 0.1) is 6.61 Å². The summed E-state index contributed by atoms with van der Waals surface area (Å²) in [4.78, 5) is 20.8. The molecule has 1 atom stereocenters. The highest BCUT2D eigenvalue weighted by atomic mass is 16.5. The van der Waals surface area contributed by atoms with Gasteiger partial charge in [0.25, 0.3) is 5.91 Å². The van der Waals surface area contributed by atoms with Crippen LogP contribution in [0.4, 0.5) is 0 Å². The number of guanidine groups is 1. The lowest BCUT2D eigenvalue weighted by atomic mass is 10.1. The van der Waals surface area contributed by atoms with Gasteiger partial charge in [-0.2, -0.15) is 0 Å². The highest BCUT2D eigenvalue weighted by molar-refractivity contribution is 5.94. The fraction of sp³-hybridized carbons (Fsp3) is 0.600. The molecule has 1 aliphatic heterocycles. The largest absolute Gasteiger partial charge is 0.381 e. The average Bonchev–Trinajstić information content (AvgIpc) is 3.15. The van der Waals surface area contributed by atoms with Crippen LogP contribution in [0.5, 0.6) is 0 Å². The quantitative estimate of drug-likeness (QED) is 0.525. The molecular formula is C20H33N5O2. The van der Waals surface area contributed by atoms with Gasteiger partial charge in [0, 0.05) is 58.4 Å². The van der Waals surface area contributed by atoms with E-state index in [0.29, 0.717) is 24.6 Å². The normalized spacial score (nSPS) is 17.2. The predicted octanol–water partition coefficient (Wildman–Crippen LogP) is 1.02. The van der Waals surface area contributed by atoms with Crippen molar-refractivity contribution in [3.63, 3.8) is 0 Å². The van der Waals surface area contributed by atoms with Crippen molar-refractivity contribution in [2.45, 2.75) is 13.0 Å². The number of benzene rings is 1. The molecule has 7 nitrogen and oxygen atoms in total. The molecule has 7 heteroatoms. The van der Waals surface area contributed by atoms with Gasteiger partial charge in [-0.15, -0.1) is 0 Å². The van der Waals surface area contributed by atoms with Crippen LogP contribution >= 0.6 is 0 Å². The van der Waals surface area contributed by atoms with Crippen LogP contribution in [0.1, 0.15) is 22.3 Å². The van der Waals surface area contributed by atoms with Gasteiger partial charge in [-0.3, -0.25) is 9.79 Å². The Bertz CT molecular complexity index is 627. The third kappa shape index (κ3) is 7.19. The smallest absolute Gasteiger partial charge is 0.251 e. The van der Waals surface area contributed by atoms with E-state index in [4.69, 9.17) is 4.74 Å². The summed E-state index contributed by atoms with van der Waals surface area (Å²) in [5, 5.41) is 6.33. The molecule has 2 N–H and O–H groups in total. The van der Waals surface area contributed by atoms with Crippen LogP contribution in [-0.2, 0) is 11.3 Å². The molecule has 2 rings (SSSR count). The van der Waals surface area contributed by atoms with E-state index < -0.39 is 0 Å². The number of carbonyl (C=O) groups is 1. The first-order valence-electron chi connectivity index (χ1n) is 9.51.